The van der Waals surface area contributed by atoms with Gasteiger partial charge in [-0.2, -0.15) is 0 Å². The molecule has 4 heteroatoms. The maximum absolute atomic E-state index is 11.3. The summed E-state index contributed by atoms with van der Waals surface area (Å²) in [6.45, 7) is 0. The van der Waals surface area contributed by atoms with E-state index in [4.69, 9.17) is 0 Å². The molecule has 1 heterocycles. The van der Waals surface area contributed by atoms with Crippen LogP contribution in [-0.2, 0) is 0 Å². The van der Waals surface area contributed by atoms with Crippen molar-refractivity contribution in [3.63, 3.8) is 0 Å². The molecule has 2 rings (SSSR count). The Morgan fingerprint density at radius 2 is 2.42 bits per heavy atom. The Balaban J connectivity index is 2.03. The van der Waals surface area contributed by atoms with Crippen LogP contribution in [0.2, 0.25) is 0 Å². The summed E-state index contributed by atoms with van der Waals surface area (Å²) in [7, 11) is 0. The van der Waals surface area contributed by atoms with E-state index in [0.29, 0.717) is 11.7 Å². The van der Waals surface area contributed by atoms with E-state index in [2.05, 4.69) is 15.3 Å². The predicted molar refractivity (Wildman–Crippen MR) is 42.5 cm³/mol. The normalized spacial score (nSPS) is 15.7. The lowest BCUT2D eigenvalue weighted by molar-refractivity contribution is 0.0946. The molecule has 1 aromatic heterocycles. The molecule has 1 aromatic rings. The number of amides is 1. The topological polar surface area (TPSA) is 54.9 Å². The van der Waals surface area contributed by atoms with Gasteiger partial charge < -0.3 is 5.32 Å². The number of aromatic nitrogens is 2. The fourth-order valence-electron chi connectivity index (χ4n) is 0.912. The molecule has 12 heavy (non-hydrogen) atoms. The van der Waals surface area contributed by atoms with Crippen molar-refractivity contribution in [3.8, 4) is 0 Å². The molecule has 0 atom stereocenters. The lowest BCUT2D eigenvalue weighted by Gasteiger charge is -1.99. The Labute approximate surface area is 70.0 Å². The minimum atomic E-state index is -0.0973. The van der Waals surface area contributed by atoms with Crippen LogP contribution < -0.4 is 5.32 Å². The van der Waals surface area contributed by atoms with Crippen molar-refractivity contribution >= 4 is 5.91 Å². The number of carbonyl (C=O) groups excluding carboxylic acids is 1. The minimum Gasteiger partial charge on any atom is -0.348 e. The summed E-state index contributed by atoms with van der Waals surface area (Å²) in [5, 5.41) is 2.84. The lowest BCUT2D eigenvalue weighted by Crippen LogP contribution is -2.26. The summed E-state index contributed by atoms with van der Waals surface area (Å²) >= 11 is 0. The zero-order valence-corrected chi connectivity index (χ0v) is 6.53. The van der Waals surface area contributed by atoms with Crippen LogP contribution in [0.3, 0.4) is 0 Å². The van der Waals surface area contributed by atoms with Gasteiger partial charge in [-0.3, -0.25) is 4.79 Å². The second-order valence-corrected chi connectivity index (χ2v) is 2.84. The van der Waals surface area contributed by atoms with Gasteiger partial charge in [0.2, 0.25) is 0 Å². The first-order valence-electron chi connectivity index (χ1n) is 3.93. The van der Waals surface area contributed by atoms with Gasteiger partial charge in [0.1, 0.15) is 12.0 Å². The highest BCUT2D eigenvalue weighted by Gasteiger charge is 2.23. The third-order valence-electron chi connectivity index (χ3n) is 1.73. The minimum absolute atomic E-state index is 0.0973. The van der Waals surface area contributed by atoms with Crippen molar-refractivity contribution in [1.29, 1.82) is 0 Å². The van der Waals surface area contributed by atoms with Crippen LogP contribution in [0.4, 0.5) is 0 Å². The average Bonchev–Trinajstić information content (AvgIpc) is 2.90. The molecule has 1 aliphatic rings. The number of nitrogens with one attached hydrogen (secondary N) is 1. The monoisotopic (exact) mass is 163 g/mol. The van der Waals surface area contributed by atoms with Gasteiger partial charge in [0.25, 0.3) is 5.91 Å². The molecule has 0 aromatic carbocycles. The highest BCUT2D eigenvalue weighted by atomic mass is 16.2. The number of hydrogen-bond acceptors (Lipinski definition) is 3. The number of carbonyl (C=O) groups is 1. The molecule has 0 aliphatic heterocycles. The molecule has 0 bridgehead atoms. The molecule has 1 amide bonds. The third-order valence-corrected chi connectivity index (χ3v) is 1.73. The van der Waals surface area contributed by atoms with E-state index in [0.717, 1.165) is 12.8 Å². The SMILES string of the molecule is O=C(NC1CC1)c1ccncn1. The molecule has 0 unspecified atom stereocenters. The third kappa shape index (κ3) is 1.58. The molecule has 1 aliphatic carbocycles. The largest absolute Gasteiger partial charge is 0.348 e. The van der Waals surface area contributed by atoms with E-state index < -0.39 is 0 Å². The molecule has 4 nitrogen and oxygen atoms in total. The highest BCUT2D eigenvalue weighted by Crippen LogP contribution is 2.18. The van der Waals surface area contributed by atoms with E-state index in [9.17, 15) is 4.79 Å². The number of hydrogen-bond donors (Lipinski definition) is 1. The first-order chi connectivity index (χ1) is 5.86. The number of nitrogens with zero attached hydrogens (tertiary/aromatic N) is 2. The van der Waals surface area contributed by atoms with Crippen molar-refractivity contribution in [3.05, 3.63) is 24.3 Å². The van der Waals surface area contributed by atoms with E-state index in [1.54, 1.807) is 12.3 Å². The molecule has 1 fully saturated rings. The lowest BCUT2D eigenvalue weighted by atomic mass is 10.4. The first kappa shape index (κ1) is 7.21. The van der Waals surface area contributed by atoms with Crippen LogP contribution in [0.1, 0.15) is 23.3 Å². The smallest absolute Gasteiger partial charge is 0.270 e. The average molecular weight is 163 g/mol. The summed E-state index contributed by atoms with van der Waals surface area (Å²) in [5.41, 5.74) is 0.442. The molecule has 0 saturated heterocycles. The van der Waals surface area contributed by atoms with Crippen molar-refractivity contribution in [2.24, 2.45) is 0 Å². The maximum Gasteiger partial charge on any atom is 0.270 e. The van der Waals surface area contributed by atoms with Crippen molar-refractivity contribution in [2.45, 2.75) is 18.9 Å². The molecule has 62 valence electrons. The Morgan fingerprint density at radius 3 is 3.00 bits per heavy atom. The predicted octanol–water partition coefficient (Wildman–Crippen LogP) is 0.369. The van der Waals surface area contributed by atoms with E-state index in [1.807, 2.05) is 0 Å². The highest BCUT2D eigenvalue weighted by molar-refractivity contribution is 5.92. The van der Waals surface area contributed by atoms with E-state index >= 15 is 0 Å². The van der Waals surface area contributed by atoms with E-state index in [1.165, 1.54) is 6.33 Å². The fourth-order valence-corrected chi connectivity index (χ4v) is 0.912. The van der Waals surface area contributed by atoms with Gasteiger partial charge >= 0.3 is 0 Å². The Bertz CT molecular complexity index is 282. The van der Waals surface area contributed by atoms with Gasteiger partial charge in [-0.1, -0.05) is 0 Å². The zero-order chi connectivity index (χ0) is 8.39. The van der Waals surface area contributed by atoms with Crippen molar-refractivity contribution in [1.82, 2.24) is 15.3 Å². The van der Waals surface area contributed by atoms with Crippen molar-refractivity contribution in [2.75, 3.05) is 0 Å². The van der Waals surface area contributed by atoms with Crippen LogP contribution in [0.25, 0.3) is 0 Å². The summed E-state index contributed by atoms with van der Waals surface area (Å²) in [4.78, 5) is 18.9. The molecule has 0 spiro atoms. The van der Waals surface area contributed by atoms with Gasteiger partial charge in [0.05, 0.1) is 0 Å². The van der Waals surface area contributed by atoms with Crippen molar-refractivity contribution < 1.29 is 4.79 Å². The fraction of sp³-hybridized carbons (Fsp3) is 0.375. The van der Waals surface area contributed by atoms with Crippen LogP contribution in [0, 0.1) is 0 Å². The van der Waals surface area contributed by atoms with Gasteiger partial charge in [-0.05, 0) is 18.9 Å². The number of rotatable bonds is 2. The Hall–Kier alpha value is -1.45. The molecule has 1 saturated carbocycles. The summed E-state index contributed by atoms with van der Waals surface area (Å²) in [5.74, 6) is -0.0973. The van der Waals surface area contributed by atoms with Gasteiger partial charge in [0.15, 0.2) is 0 Å². The van der Waals surface area contributed by atoms with Crippen LogP contribution >= 0.6 is 0 Å². The van der Waals surface area contributed by atoms with Gasteiger partial charge in [-0.15, -0.1) is 0 Å². The second-order valence-electron chi connectivity index (χ2n) is 2.84. The molecular weight excluding hydrogens is 154 g/mol. The van der Waals surface area contributed by atoms with Gasteiger partial charge in [-0.25, -0.2) is 9.97 Å². The molecular formula is C8H9N3O. The first-order valence-corrected chi connectivity index (χ1v) is 3.93. The second kappa shape index (κ2) is 2.89. The standard InChI is InChI=1S/C8H9N3O/c12-8(11-6-1-2-6)7-3-4-9-5-10-7/h3-6H,1-2H2,(H,11,12). The van der Waals surface area contributed by atoms with E-state index in [-0.39, 0.29) is 5.91 Å². The maximum atomic E-state index is 11.3. The van der Waals surface area contributed by atoms with Gasteiger partial charge in [0, 0.05) is 12.2 Å². The Morgan fingerprint density at radius 1 is 1.58 bits per heavy atom. The Kier molecular flexibility index (Phi) is 1.74. The van der Waals surface area contributed by atoms with Crippen LogP contribution in [0.5, 0.6) is 0 Å². The van der Waals surface area contributed by atoms with Crippen LogP contribution in [0.15, 0.2) is 18.6 Å². The summed E-state index contributed by atoms with van der Waals surface area (Å²) in [6.07, 6.45) is 5.13. The zero-order valence-electron chi connectivity index (χ0n) is 6.53. The molecule has 0 radical (unpaired) electrons. The summed E-state index contributed by atoms with van der Waals surface area (Å²) in [6, 6.07) is 1.99. The molecule has 1 N–H and O–H groups in total. The van der Waals surface area contributed by atoms with Crippen LogP contribution in [-0.4, -0.2) is 21.9 Å². The quantitative estimate of drug-likeness (QED) is 0.685. The summed E-state index contributed by atoms with van der Waals surface area (Å²) < 4.78 is 0.